The Morgan fingerprint density at radius 2 is 1.00 bits per heavy atom. The van der Waals surface area contributed by atoms with Gasteiger partial charge in [-0.05, 0) is 30.6 Å². The molecule has 17 heavy (non-hydrogen) atoms. The lowest BCUT2D eigenvalue weighted by Gasteiger charge is -2.25. The van der Waals surface area contributed by atoms with Gasteiger partial charge in [-0.15, -0.1) is 0 Å². The van der Waals surface area contributed by atoms with Gasteiger partial charge in [-0.2, -0.15) is 0 Å². The molecule has 0 rings (SSSR count). The molecule has 0 aliphatic rings. The van der Waals surface area contributed by atoms with Gasteiger partial charge >= 0.3 is 0 Å². The fourth-order valence-corrected chi connectivity index (χ4v) is 3.01. The van der Waals surface area contributed by atoms with Crippen molar-refractivity contribution in [2.45, 2.75) is 92.4 Å². The van der Waals surface area contributed by atoms with Crippen LogP contribution in [0.5, 0.6) is 0 Å². The molecule has 104 valence electrons. The lowest BCUT2D eigenvalue weighted by Crippen LogP contribution is -2.13. The van der Waals surface area contributed by atoms with Crippen LogP contribution in [0, 0.1) is 17.8 Å². The molecule has 0 saturated heterocycles. The first-order chi connectivity index (χ1) is 8.21. The highest BCUT2D eigenvalue weighted by Crippen LogP contribution is 2.30. The highest BCUT2D eigenvalue weighted by molar-refractivity contribution is 4.69. The Labute approximate surface area is 111 Å². The summed E-state index contributed by atoms with van der Waals surface area (Å²) < 4.78 is 0. The van der Waals surface area contributed by atoms with Gasteiger partial charge in [0.2, 0.25) is 0 Å². The van der Waals surface area contributed by atoms with E-state index in [4.69, 9.17) is 0 Å². The van der Waals surface area contributed by atoms with Crippen LogP contribution in [0.3, 0.4) is 0 Å². The monoisotopic (exact) mass is 240 g/mol. The molecule has 0 aliphatic heterocycles. The molecule has 0 radical (unpaired) electrons. The van der Waals surface area contributed by atoms with Gasteiger partial charge in [-0.25, -0.2) is 0 Å². The third-order valence-corrected chi connectivity index (χ3v) is 4.61. The van der Waals surface area contributed by atoms with E-state index >= 15 is 0 Å². The molecular formula is C17H36. The molecular weight excluding hydrogens is 204 g/mol. The minimum absolute atomic E-state index is 0.978. The van der Waals surface area contributed by atoms with Gasteiger partial charge in [-0.3, -0.25) is 0 Å². The average molecular weight is 240 g/mol. The van der Waals surface area contributed by atoms with E-state index < -0.39 is 0 Å². The highest BCUT2D eigenvalue weighted by atomic mass is 14.2. The van der Waals surface area contributed by atoms with Gasteiger partial charge in [0.05, 0.1) is 0 Å². The second-order valence-electron chi connectivity index (χ2n) is 5.84. The molecule has 0 heterocycles. The van der Waals surface area contributed by atoms with Crippen LogP contribution in [0.25, 0.3) is 0 Å². The third-order valence-electron chi connectivity index (χ3n) is 4.61. The fraction of sp³-hybridized carbons (Fsp3) is 1.00. The Kier molecular flexibility index (Phi) is 11.1. The predicted molar refractivity (Wildman–Crippen MR) is 80.4 cm³/mol. The summed E-state index contributed by atoms with van der Waals surface area (Å²) in [5.41, 5.74) is 0. The van der Waals surface area contributed by atoms with Gasteiger partial charge < -0.3 is 0 Å². The van der Waals surface area contributed by atoms with E-state index in [1.165, 1.54) is 57.8 Å². The van der Waals surface area contributed by atoms with Crippen LogP contribution in [0.2, 0.25) is 0 Å². The molecule has 0 aromatic rings. The number of rotatable bonds is 11. The Bertz CT molecular complexity index is 128. The molecule has 0 unspecified atom stereocenters. The second kappa shape index (κ2) is 11.1. The molecule has 0 spiro atoms. The van der Waals surface area contributed by atoms with Crippen LogP contribution in [0.1, 0.15) is 92.4 Å². The van der Waals surface area contributed by atoms with E-state index in [0.717, 1.165) is 17.8 Å². The minimum Gasteiger partial charge on any atom is -0.0654 e. The van der Waals surface area contributed by atoms with Crippen molar-refractivity contribution in [3.8, 4) is 0 Å². The van der Waals surface area contributed by atoms with Crippen molar-refractivity contribution < 1.29 is 0 Å². The second-order valence-corrected chi connectivity index (χ2v) is 5.84. The summed E-state index contributed by atoms with van der Waals surface area (Å²) in [6.45, 7) is 11.8. The first kappa shape index (κ1) is 17.0. The lowest BCUT2D eigenvalue weighted by atomic mass is 9.81. The summed E-state index contributed by atoms with van der Waals surface area (Å²) in [5.74, 6) is 2.96. The van der Waals surface area contributed by atoms with Crippen LogP contribution in [-0.4, -0.2) is 0 Å². The van der Waals surface area contributed by atoms with Gasteiger partial charge in [0.1, 0.15) is 0 Å². The smallest absolute Gasteiger partial charge is 0.0409 e. The van der Waals surface area contributed by atoms with Crippen molar-refractivity contribution in [2.75, 3.05) is 0 Å². The molecule has 0 aromatic heterocycles. The molecule has 0 N–H and O–H groups in total. The third kappa shape index (κ3) is 7.84. The van der Waals surface area contributed by atoms with Gasteiger partial charge in [-0.1, -0.05) is 79.6 Å². The first-order valence-corrected chi connectivity index (χ1v) is 8.21. The van der Waals surface area contributed by atoms with E-state index in [9.17, 15) is 0 Å². The van der Waals surface area contributed by atoms with Gasteiger partial charge in [0.15, 0.2) is 0 Å². The van der Waals surface area contributed by atoms with E-state index in [0.29, 0.717) is 0 Å². The van der Waals surface area contributed by atoms with Crippen LogP contribution in [0.15, 0.2) is 0 Å². The molecule has 0 aliphatic carbocycles. The average Bonchev–Trinajstić information content (AvgIpc) is 2.38. The predicted octanol–water partition coefficient (Wildman–Crippen LogP) is 6.45. The number of hydrogen-bond acceptors (Lipinski definition) is 0. The van der Waals surface area contributed by atoms with Crippen molar-refractivity contribution in [2.24, 2.45) is 17.8 Å². The lowest BCUT2D eigenvalue weighted by molar-refractivity contribution is 0.267. The molecule has 0 nitrogen and oxygen atoms in total. The summed E-state index contributed by atoms with van der Waals surface area (Å²) >= 11 is 0. The van der Waals surface area contributed by atoms with Crippen LogP contribution >= 0.6 is 0 Å². The molecule has 0 atom stereocenters. The Hall–Kier alpha value is 0. The SMILES string of the molecule is CCCCC(CC(CC)CC)CC(CC)CC. The quantitative estimate of drug-likeness (QED) is 0.389. The summed E-state index contributed by atoms with van der Waals surface area (Å²) in [6, 6.07) is 0. The van der Waals surface area contributed by atoms with E-state index in [1.807, 2.05) is 0 Å². The molecule has 0 bridgehead atoms. The van der Waals surface area contributed by atoms with E-state index in [-0.39, 0.29) is 0 Å². The zero-order valence-corrected chi connectivity index (χ0v) is 13.1. The Morgan fingerprint density at radius 1 is 0.588 bits per heavy atom. The van der Waals surface area contributed by atoms with E-state index in [2.05, 4.69) is 34.6 Å². The van der Waals surface area contributed by atoms with Crippen LogP contribution < -0.4 is 0 Å². The standard InChI is InChI=1S/C17H36/c1-6-11-12-17(13-15(7-2)8-3)14-16(9-4)10-5/h15-17H,6-14H2,1-5H3. The topological polar surface area (TPSA) is 0 Å². The summed E-state index contributed by atoms with van der Waals surface area (Å²) in [5, 5.41) is 0. The fourth-order valence-electron chi connectivity index (χ4n) is 3.01. The zero-order chi connectivity index (χ0) is 13.1. The normalized spacial score (nSPS) is 12.0. The van der Waals surface area contributed by atoms with Crippen molar-refractivity contribution >= 4 is 0 Å². The van der Waals surface area contributed by atoms with Crippen molar-refractivity contribution in [3.05, 3.63) is 0 Å². The molecule has 0 amide bonds. The maximum absolute atomic E-state index is 2.36. The van der Waals surface area contributed by atoms with Crippen LogP contribution in [0.4, 0.5) is 0 Å². The Balaban J connectivity index is 4.19. The molecule has 0 fully saturated rings. The molecule has 0 heteroatoms. The maximum atomic E-state index is 2.36. The summed E-state index contributed by atoms with van der Waals surface area (Å²) in [7, 11) is 0. The number of hydrogen-bond donors (Lipinski definition) is 0. The largest absolute Gasteiger partial charge is 0.0654 e. The first-order valence-electron chi connectivity index (χ1n) is 8.21. The van der Waals surface area contributed by atoms with Gasteiger partial charge in [0.25, 0.3) is 0 Å². The summed E-state index contributed by atoms with van der Waals surface area (Å²) in [4.78, 5) is 0. The minimum atomic E-state index is 0.978. The molecule has 0 aromatic carbocycles. The number of unbranched alkanes of at least 4 members (excludes halogenated alkanes) is 1. The van der Waals surface area contributed by atoms with E-state index in [1.54, 1.807) is 0 Å². The van der Waals surface area contributed by atoms with Crippen LogP contribution in [-0.2, 0) is 0 Å². The van der Waals surface area contributed by atoms with Crippen molar-refractivity contribution in [3.63, 3.8) is 0 Å². The summed E-state index contributed by atoms with van der Waals surface area (Å²) in [6.07, 6.45) is 12.8. The zero-order valence-electron chi connectivity index (χ0n) is 13.1. The highest BCUT2D eigenvalue weighted by Gasteiger charge is 2.17. The Morgan fingerprint density at radius 3 is 1.29 bits per heavy atom. The molecule has 0 saturated carbocycles. The van der Waals surface area contributed by atoms with Crippen molar-refractivity contribution in [1.82, 2.24) is 0 Å². The maximum Gasteiger partial charge on any atom is -0.0409 e. The van der Waals surface area contributed by atoms with Crippen molar-refractivity contribution in [1.29, 1.82) is 0 Å². The van der Waals surface area contributed by atoms with Gasteiger partial charge in [0, 0.05) is 0 Å².